The molecule has 0 aliphatic carbocycles. The number of primary amides is 1. The van der Waals surface area contributed by atoms with Crippen molar-refractivity contribution in [2.24, 2.45) is 5.73 Å². The third-order valence-corrected chi connectivity index (χ3v) is 7.77. The summed E-state index contributed by atoms with van der Waals surface area (Å²) in [5.41, 5.74) is 0.611. The largest absolute Gasteiger partial charge is 0.491 e. The van der Waals surface area contributed by atoms with Crippen LogP contribution in [-0.2, 0) is 26.8 Å². The summed E-state index contributed by atoms with van der Waals surface area (Å²) in [6, 6.07) is 9.33. The molecule has 0 saturated carbocycles. The number of alkyl halides is 3. The molecule has 0 aliphatic heterocycles. The smallest absolute Gasteiger partial charge is 0.424 e. The van der Waals surface area contributed by atoms with Crippen LogP contribution >= 0.6 is 11.3 Å². The number of nitrogens with two attached hydrogens (primary N) is 1. The predicted molar refractivity (Wildman–Crippen MR) is 154 cm³/mol. The Labute approximate surface area is 252 Å². The Kier molecular flexibility index (Phi) is 9.13. The fourth-order valence-corrected chi connectivity index (χ4v) is 5.88. The summed E-state index contributed by atoms with van der Waals surface area (Å²) in [4.78, 5) is 32.9. The first-order valence-corrected chi connectivity index (χ1v) is 15.4. The van der Waals surface area contributed by atoms with Gasteiger partial charge in [-0.15, -0.1) is 0 Å². The van der Waals surface area contributed by atoms with Crippen LogP contribution in [0.2, 0.25) is 0 Å². The molecule has 0 saturated heterocycles. The van der Waals surface area contributed by atoms with Gasteiger partial charge in [0, 0.05) is 16.7 Å². The number of sulfonamides is 1. The van der Waals surface area contributed by atoms with Crippen molar-refractivity contribution >= 4 is 48.5 Å². The molecule has 17 heteroatoms. The molecular weight excluding hydrogens is 630 g/mol. The van der Waals surface area contributed by atoms with Crippen LogP contribution in [0.5, 0.6) is 5.75 Å². The SMILES string of the molecule is CCOc1c(CC(N)=O)cc([C@@](O)(CNC(=O)c2ccc3nc(NS(C)(=O)=O)sc3c2)C(F)(F)F)nc1-c1ccc(F)cc1. The van der Waals surface area contributed by atoms with Gasteiger partial charge >= 0.3 is 6.18 Å². The van der Waals surface area contributed by atoms with Gasteiger partial charge in [0.2, 0.25) is 21.5 Å². The van der Waals surface area contributed by atoms with Crippen molar-refractivity contribution in [1.29, 1.82) is 0 Å². The van der Waals surface area contributed by atoms with Crippen molar-refractivity contribution in [1.82, 2.24) is 15.3 Å². The number of aromatic nitrogens is 2. The first-order chi connectivity index (χ1) is 20.5. The molecule has 0 bridgehead atoms. The van der Waals surface area contributed by atoms with E-state index in [1.54, 1.807) is 6.92 Å². The van der Waals surface area contributed by atoms with Gasteiger partial charge in [0.25, 0.3) is 5.91 Å². The van der Waals surface area contributed by atoms with Gasteiger partial charge in [-0.1, -0.05) is 11.3 Å². The first kappa shape index (κ1) is 32.6. The Hall–Kier alpha value is -4.35. The summed E-state index contributed by atoms with van der Waals surface area (Å²) in [6.07, 6.45) is -5.04. The Balaban J connectivity index is 1.74. The molecule has 5 N–H and O–H groups in total. The van der Waals surface area contributed by atoms with Crippen LogP contribution in [-0.4, -0.2) is 60.9 Å². The van der Waals surface area contributed by atoms with E-state index in [2.05, 4.69) is 20.0 Å². The van der Waals surface area contributed by atoms with Crippen molar-refractivity contribution in [2.75, 3.05) is 24.1 Å². The molecule has 1 atom stereocenters. The number of halogens is 4. The molecule has 11 nitrogen and oxygen atoms in total. The molecule has 0 aliphatic rings. The van der Waals surface area contributed by atoms with Gasteiger partial charge in [0.05, 0.1) is 41.7 Å². The predicted octanol–water partition coefficient (Wildman–Crippen LogP) is 3.48. The number of anilines is 1. The molecule has 2 aromatic heterocycles. The second kappa shape index (κ2) is 12.3. The van der Waals surface area contributed by atoms with Crippen LogP contribution in [0.4, 0.5) is 22.7 Å². The minimum Gasteiger partial charge on any atom is -0.491 e. The van der Waals surface area contributed by atoms with Gasteiger partial charge in [0.15, 0.2) is 5.13 Å². The minimum absolute atomic E-state index is 0.0243. The molecule has 234 valence electrons. The molecule has 0 unspecified atom stereocenters. The first-order valence-electron chi connectivity index (χ1n) is 12.7. The summed E-state index contributed by atoms with van der Waals surface area (Å²) in [5, 5.41) is 13.2. The molecule has 2 aromatic carbocycles. The average Bonchev–Trinajstić information content (AvgIpc) is 3.31. The zero-order chi connectivity index (χ0) is 32.4. The second-order valence-corrected chi connectivity index (χ2v) is 12.3. The molecule has 4 aromatic rings. The molecule has 2 amide bonds. The number of benzene rings is 2. The Morgan fingerprint density at radius 1 is 1.09 bits per heavy atom. The van der Waals surface area contributed by atoms with Crippen LogP contribution in [0.25, 0.3) is 21.5 Å². The average molecular weight is 656 g/mol. The number of ether oxygens (including phenoxy) is 1. The highest BCUT2D eigenvalue weighted by molar-refractivity contribution is 7.92. The number of nitrogens with zero attached hydrogens (tertiary/aromatic N) is 2. The third kappa shape index (κ3) is 7.23. The zero-order valence-electron chi connectivity index (χ0n) is 23.0. The van der Waals surface area contributed by atoms with Crippen LogP contribution < -0.4 is 20.5 Å². The maximum Gasteiger partial charge on any atom is 0.424 e. The van der Waals surface area contributed by atoms with E-state index < -0.39 is 58.1 Å². The highest BCUT2D eigenvalue weighted by Gasteiger charge is 2.56. The van der Waals surface area contributed by atoms with E-state index in [4.69, 9.17) is 10.5 Å². The maximum absolute atomic E-state index is 14.5. The highest BCUT2D eigenvalue weighted by Crippen LogP contribution is 2.42. The van der Waals surface area contributed by atoms with E-state index in [9.17, 15) is 40.7 Å². The summed E-state index contributed by atoms with van der Waals surface area (Å²) in [7, 11) is -3.63. The number of pyridine rings is 1. The lowest BCUT2D eigenvalue weighted by Gasteiger charge is -2.31. The van der Waals surface area contributed by atoms with Crippen LogP contribution in [0.15, 0.2) is 48.5 Å². The molecule has 44 heavy (non-hydrogen) atoms. The lowest BCUT2D eigenvalue weighted by Crippen LogP contribution is -2.51. The summed E-state index contributed by atoms with van der Waals surface area (Å²) >= 11 is 0.899. The Morgan fingerprint density at radius 2 is 1.77 bits per heavy atom. The van der Waals surface area contributed by atoms with Crippen molar-refractivity contribution in [2.45, 2.75) is 25.1 Å². The Bertz CT molecular complexity index is 1830. The van der Waals surface area contributed by atoms with Gasteiger partial charge in [0.1, 0.15) is 17.3 Å². The van der Waals surface area contributed by atoms with Crippen molar-refractivity contribution in [3.63, 3.8) is 0 Å². The van der Waals surface area contributed by atoms with Crippen LogP contribution in [0.1, 0.15) is 28.5 Å². The third-order valence-electron chi connectivity index (χ3n) is 6.14. The number of carbonyl (C=O) groups is 2. The normalized spacial score (nSPS) is 13.3. The van der Waals surface area contributed by atoms with Crippen LogP contribution in [0.3, 0.4) is 0 Å². The van der Waals surface area contributed by atoms with Crippen molar-refractivity contribution in [3.05, 3.63) is 71.2 Å². The topological polar surface area (TPSA) is 174 Å². The summed E-state index contributed by atoms with van der Waals surface area (Å²) in [5.74, 6) is -2.63. The second-order valence-electron chi connectivity index (χ2n) is 9.54. The van der Waals surface area contributed by atoms with E-state index in [0.29, 0.717) is 10.2 Å². The van der Waals surface area contributed by atoms with Gasteiger partial charge in [-0.3, -0.25) is 14.3 Å². The lowest BCUT2D eigenvalue weighted by atomic mass is 9.93. The van der Waals surface area contributed by atoms with E-state index in [-0.39, 0.29) is 39.9 Å². The maximum atomic E-state index is 14.5. The van der Waals surface area contributed by atoms with Crippen molar-refractivity contribution < 1.29 is 45.4 Å². The quantitative estimate of drug-likeness (QED) is 0.178. The zero-order valence-corrected chi connectivity index (χ0v) is 24.7. The number of hydrogen-bond donors (Lipinski definition) is 4. The Morgan fingerprint density at radius 3 is 2.36 bits per heavy atom. The van der Waals surface area contributed by atoms with Crippen molar-refractivity contribution in [3.8, 4) is 17.0 Å². The standard InChI is InChI=1S/C27H25F4N5O6S2/c1-3-42-23-16(12-21(32)37)11-20(35-22(23)14-4-7-17(28)8-5-14)26(39,27(29,30)31)13-33-24(38)15-6-9-18-19(10-15)43-25(34-18)36-44(2,40)41/h4-11,39H,3,12-13H2,1-2H3,(H2,32,37)(H,33,38)(H,34,36)/t26-/m0/s1. The monoisotopic (exact) mass is 655 g/mol. The van der Waals surface area contributed by atoms with E-state index in [0.717, 1.165) is 35.8 Å². The molecule has 0 fully saturated rings. The van der Waals surface area contributed by atoms with Gasteiger partial charge < -0.3 is 20.9 Å². The summed E-state index contributed by atoms with van der Waals surface area (Å²) < 4.78 is 88.4. The number of aliphatic hydroxyl groups is 1. The lowest BCUT2D eigenvalue weighted by molar-refractivity contribution is -0.265. The van der Waals surface area contributed by atoms with Gasteiger partial charge in [-0.2, -0.15) is 13.2 Å². The van der Waals surface area contributed by atoms with E-state index >= 15 is 0 Å². The highest BCUT2D eigenvalue weighted by atomic mass is 32.2. The molecule has 4 rings (SSSR count). The number of rotatable bonds is 11. The number of hydrogen-bond acceptors (Lipinski definition) is 9. The van der Waals surface area contributed by atoms with Gasteiger partial charge in [-0.25, -0.2) is 22.8 Å². The molecule has 2 heterocycles. The number of nitrogens with one attached hydrogen (secondary N) is 2. The van der Waals surface area contributed by atoms with E-state index in [1.807, 2.05) is 0 Å². The minimum atomic E-state index is -5.39. The number of carbonyl (C=O) groups excluding carboxylic acids is 2. The number of thiazole rings is 1. The van der Waals surface area contributed by atoms with Gasteiger partial charge in [-0.05, 0) is 55.5 Å². The van der Waals surface area contributed by atoms with E-state index in [1.165, 1.54) is 30.3 Å². The summed E-state index contributed by atoms with van der Waals surface area (Å²) in [6.45, 7) is 0.220. The number of amides is 2. The fourth-order valence-electron chi connectivity index (χ4n) is 4.14. The molecular formula is C27H25F4N5O6S2. The van der Waals surface area contributed by atoms with Crippen LogP contribution in [0, 0.1) is 5.82 Å². The number of fused-ring (bicyclic) bond motifs is 1. The molecule has 0 spiro atoms. The molecule has 0 radical (unpaired) electrons. The fraction of sp³-hybridized carbons (Fsp3) is 0.259.